The third kappa shape index (κ3) is 6.98. The molecule has 0 amide bonds. The lowest BCUT2D eigenvalue weighted by Crippen LogP contribution is -2.24. The molecule has 2 aromatic carbocycles. The lowest BCUT2D eigenvalue weighted by Gasteiger charge is -2.12. The standard InChI is InChI=1S/C25H27F2N3OS/c1-3-30-13-12-20(29)6-4-5-7-21(17-8-9-19(16-28)22(26)14-17)25(32)18-10-11-24(31-2)23(27)15-18/h3,5,7-11,14-15,20,30,32H,1,4,6,12-13,29H2,2H3/b7-5+,25-21+. The number of methoxy groups -OCH3 is 1. The zero-order valence-corrected chi connectivity index (χ0v) is 18.8. The molecule has 0 aliphatic rings. The molecule has 0 fully saturated rings. The van der Waals surface area contributed by atoms with E-state index in [4.69, 9.17) is 15.7 Å². The van der Waals surface area contributed by atoms with E-state index in [1.54, 1.807) is 18.3 Å². The van der Waals surface area contributed by atoms with Crippen LogP contribution in [0.3, 0.4) is 0 Å². The number of allylic oxidation sites excluding steroid dienone is 3. The van der Waals surface area contributed by atoms with E-state index in [2.05, 4.69) is 24.5 Å². The Labute approximate surface area is 193 Å². The lowest BCUT2D eigenvalue weighted by molar-refractivity contribution is 0.386. The van der Waals surface area contributed by atoms with Gasteiger partial charge >= 0.3 is 0 Å². The maximum Gasteiger partial charge on any atom is 0.165 e. The van der Waals surface area contributed by atoms with E-state index in [0.29, 0.717) is 28.0 Å². The summed E-state index contributed by atoms with van der Waals surface area (Å²) in [4.78, 5) is 0.464. The van der Waals surface area contributed by atoms with Crippen LogP contribution < -0.4 is 15.8 Å². The Kier molecular flexibility index (Phi) is 9.99. The van der Waals surface area contributed by atoms with Crippen LogP contribution in [0.15, 0.2) is 61.3 Å². The van der Waals surface area contributed by atoms with Gasteiger partial charge in [-0.1, -0.05) is 24.8 Å². The van der Waals surface area contributed by atoms with Gasteiger partial charge in [-0.15, -0.1) is 12.6 Å². The maximum atomic E-state index is 14.3. The van der Waals surface area contributed by atoms with Crippen molar-refractivity contribution >= 4 is 23.1 Å². The van der Waals surface area contributed by atoms with Crippen LogP contribution in [0.25, 0.3) is 10.5 Å². The number of nitrogens with two attached hydrogens (primary N) is 1. The second kappa shape index (κ2) is 12.7. The topological polar surface area (TPSA) is 71.1 Å². The molecule has 3 N–H and O–H groups in total. The minimum atomic E-state index is -0.630. The molecular weight excluding hydrogens is 428 g/mol. The zero-order valence-electron chi connectivity index (χ0n) is 17.9. The molecule has 1 unspecified atom stereocenters. The first-order valence-electron chi connectivity index (χ1n) is 10.1. The fourth-order valence-electron chi connectivity index (χ4n) is 3.08. The van der Waals surface area contributed by atoms with Gasteiger partial charge in [-0.2, -0.15) is 5.26 Å². The quantitative estimate of drug-likeness (QED) is 0.183. The van der Waals surface area contributed by atoms with Crippen LogP contribution in [0.2, 0.25) is 0 Å². The van der Waals surface area contributed by atoms with Gasteiger partial charge in [0.2, 0.25) is 0 Å². The summed E-state index contributed by atoms with van der Waals surface area (Å²) in [5.41, 5.74) is 7.71. The third-order valence-corrected chi connectivity index (χ3v) is 5.37. The van der Waals surface area contributed by atoms with Gasteiger partial charge in [-0.25, -0.2) is 8.78 Å². The predicted octanol–water partition coefficient (Wildman–Crippen LogP) is 5.43. The monoisotopic (exact) mass is 455 g/mol. The molecule has 2 aromatic rings. The minimum absolute atomic E-state index is 0.0260. The molecule has 0 aliphatic carbocycles. The summed E-state index contributed by atoms with van der Waals surface area (Å²) >= 11 is 4.61. The van der Waals surface area contributed by atoms with Crippen molar-refractivity contribution in [2.45, 2.75) is 25.3 Å². The van der Waals surface area contributed by atoms with Crippen LogP contribution in [-0.4, -0.2) is 19.7 Å². The number of nitrogens with one attached hydrogen (secondary N) is 1. The summed E-state index contributed by atoms with van der Waals surface area (Å²) in [5.74, 6) is -1.03. The number of halogens is 2. The van der Waals surface area contributed by atoms with E-state index < -0.39 is 11.6 Å². The van der Waals surface area contributed by atoms with E-state index in [9.17, 15) is 8.78 Å². The van der Waals surface area contributed by atoms with Crippen molar-refractivity contribution in [3.05, 3.63) is 89.7 Å². The van der Waals surface area contributed by atoms with E-state index in [1.165, 1.54) is 31.4 Å². The Bertz CT molecular complexity index is 1040. The van der Waals surface area contributed by atoms with Gasteiger partial charge in [-0.05, 0) is 72.5 Å². The Hall–Kier alpha value is -3.08. The van der Waals surface area contributed by atoms with Crippen LogP contribution in [0.5, 0.6) is 5.75 Å². The van der Waals surface area contributed by atoms with Crippen molar-refractivity contribution in [1.82, 2.24) is 5.32 Å². The molecule has 0 saturated carbocycles. The summed E-state index contributed by atoms with van der Waals surface area (Å²) in [6, 6.07) is 10.7. The maximum absolute atomic E-state index is 14.3. The molecule has 7 heteroatoms. The van der Waals surface area contributed by atoms with Crippen LogP contribution in [0.1, 0.15) is 36.0 Å². The summed E-state index contributed by atoms with van der Waals surface area (Å²) in [7, 11) is 1.39. The fourth-order valence-corrected chi connectivity index (χ4v) is 3.42. The van der Waals surface area contributed by atoms with Crippen LogP contribution in [-0.2, 0) is 0 Å². The smallest absolute Gasteiger partial charge is 0.165 e. The normalized spacial score (nSPS) is 12.8. The van der Waals surface area contributed by atoms with Crippen molar-refractivity contribution < 1.29 is 13.5 Å². The predicted molar refractivity (Wildman–Crippen MR) is 129 cm³/mol. The van der Waals surface area contributed by atoms with Crippen molar-refractivity contribution in [2.24, 2.45) is 5.73 Å². The average molecular weight is 456 g/mol. The van der Waals surface area contributed by atoms with Gasteiger partial charge < -0.3 is 15.8 Å². The van der Waals surface area contributed by atoms with Gasteiger partial charge in [-0.3, -0.25) is 0 Å². The molecule has 0 spiro atoms. The number of thiol groups is 1. The van der Waals surface area contributed by atoms with Crippen LogP contribution >= 0.6 is 12.6 Å². The molecule has 0 bridgehead atoms. The molecule has 0 radical (unpaired) electrons. The Morgan fingerprint density at radius 3 is 2.56 bits per heavy atom. The van der Waals surface area contributed by atoms with E-state index >= 15 is 0 Å². The highest BCUT2D eigenvalue weighted by molar-refractivity contribution is 7.90. The highest BCUT2D eigenvalue weighted by Gasteiger charge is 2.12. The minimum Gasteiger partial charge on any atom is -0.494 e. The second-order valence-electron chi connectivity index (χ2n) is 7.10. The highest BCUT2D eigenvalue weighted by Crippen LogP contribution is 2.33. The average Bonchev–Trinajstić information content (AvgIpc) is 2.78. The van der Waals surface area contributed by atoms with Gasteiger partial charge in [0, 0.05) is 17.5 Å². The van der Waals surface area contributed by atoms with E-state index in [1.807, 2.05) is 18.2 Å². The molecule has 0 heterocycles. The van der Waals surface area contributed by atoms with Crippen molar-refractivity contribution in [2.75, 3.05) is 13.7 Å². The highest BCUT2D eigenvalue weighted by atomic mass is 32.1. The number of benzene rings is 2. The van der Waals surface area contributed by atoms with Gasteiger partial charge in [0.25, 0.3) is 0 Å². The van der Waals surface area contributed by atoms with Crippen LogP contribution in [0.4, 0.5) is 8.78 Å². The first-order chi connectivity index (χ1) is 15.4. The SMILES string of the molecule is C=CNCCC(N)CC/C=C/C(=C(\S)c1ccc(OC)c(F)c1)c1ccc(C#N)c(F)c1. The molecule has 32 heavy (non-hydrogen) atoms. The summed E-state index contributed by atoms with van der Waals surface area (Å²) in [6.07, 6.45) is 7.67. The van der Waals surface area contributed by atoms with Crippen molar-refractivity contribution in [3.63, 3.8) is 0 Å². The van der Waals surface area contributed by atoms with E-state index in [-0.39, 0.29) is 17.4 Å². The van der Waals surface area contributed by atoms with Crippen LogP contribution in [0, 0.1) is 23.0 Å². The zero-order chi connectivity index (χ0) is 23.5. The number of hydrogen-bond acceptors (Lipinski definition) is 5. The Morgan fingerprint density at radius 2 is 1.94 bits per heavy atom. The van der Waals surface area contributed by atoms with E-state index in [0.717, 1.165) is 19.4 Å². The van der Waals surface area contributed by atoms with Crippen molar-refractivity contribution in [3.8, 4) is 11.8 Å². The largest absolute Gasteiger partial charge is 0.494 e. The first kappa shape index (κ1) is 25.2. The third-order valence-electron chi connectivity index (χ3n) is 4.87. The molecule has 1 atom stereocenters. The first-order valence-corrected chi connectivity index (χ1v) is 10.6. The molecule has 0 aliphatic heterocycles. The van der Waals surface area contributed by atoms with Crippen molar-refractivity contribution in [1.29, 1.82) is 5.26 Å². The number of hydrogen-bond donors (Lipinski definition) is 3. The number of rotatable bonds is 11. The number of nitrogens with zero attached hydrogens (tertiary/aromatic N) is 1. The fraction of sp³-hybridized carbons (Fsp3) is 0.240. The molecule has 0 aromatic heterocycles. The summed E-state index contributed by atoms with van der Waals surface area (Å²) in [6.45, 7) is 4.36. The molecule has 2 rings (SSSR count). The molecule has 168 valence electrons. The summed E-state index contributed by atoms with van der Waals surface area (Å²) < 4.78 is 33.5. The Balaban J connectivity index is 2.34. The molecule has 4 nitrogen and oxygen atoms in total. The summed E-state index contributed by atoms with van der Waals surface area (Å²) in [5, 5.41) is 12.0. The molecular formula is C25H27F2N3OS. The van der Waals surface area contributed by atoms with Gasteiger partial charge in [0.1, 0.15) is 11.9 Å². The Morgan fingerprint density at radius 1 is 1.22 bits per heavy atom. The second-order valence-corrected chi connectivity index (χ2v) is 7.55. The number of ether oxygens (including phenoxy) is 1. The lowest BCUT2D eigenvalue weighted by atomic mass is 9.99. The molecule has 0 saturated heterocycles. The number of nitriles is 1. The van der Waals surface area contributed by atoms with Gasteiger partial charge in [0.05, 0.1) is 12.7 Å². The van der Waals surface area contributed by atoms with Gasteiger partial charge in [0.15, 0.2) is 11.6 Å².